The van der Waals surface area contributed by atoms with E-state index in [1.54, 1.807) is 6.20 Å². The molecule has 0 spiro atoms. The molecular weight excluding hydrogens is 202 g/mol. The minimum atomic E-state index is 0.448. The number of rotatable bonds is 4. The zero-order chi connectivity index (χ0) is 11.2. The normalized spacial score (nSPS) is 10.8. The molecule has 2 aromatic rings. The number of aromatic nitrogens is 1. The number of benzene rings is 1. The number of carbonyl (C=O) groups excluding carboxylic acids is 1. The first-order valence-electron chi connectivity index (χ1n) is 5.01. The van der Waals surface area contributed by atoms with Gasteiger partial charge in [-0.1, -0.05) is 41.6 Å². The second kappa shape index (κ2) is 5.07. The van der Waals surface area contributed by atoms with Crippen molar-refractivity contribution in [3.8, 4) is 11.3 Å². The summed E-state index contributed by atoms with van der Waals surface area (Å²) in [6.45, 7) is 0. The van der Waals surface area contributed by atoms with Crippen molar-refractivity contribution in [3.63, 3.8) is 0 Å². The predicted molar refractivity (Wildman–Crippen MR) is 61.7 cm³/mol. The van der Waals surface area contributed by atoms with Gasteiger partial charge in [0.2, 0.25) is 0 Å². The van der Waals surface area contributed by atoms with Crippen LogP contribution in [0, 0.1) is 0 Å². The highest BCUT2D eigenvalue weighted by Crippen LogP contribution is 2.19. The summed E-state index contributed by atoms with van der Waals surface area (Å²) in [7, 11) is 0. The maximum absolute atomic E-state index is 10.1. The molecule has 1 aromatic carbocycles. The number of carbonyl (C=O) groups is 1. The summed E-state index contributed by atoms with van der Waals surface area (Å²) in [5.41, 5.74) is 2.05. The number of nitrogens with zero attached hydrogens (tertiary/aromatic N) is 1. The second-order valence-electron chi connectivity index (χ2n) is 3.30. The smallest absolute Gasteiger partial charge is 0.166 e. The number of aldehydes is 1. The SMILES string of the molecule is O=CCC=Cc1ccc(-c2ccno2)cc1. The Kier molecular flexibility index (Phi) is 3.28. The summed E-state index contributed by atoms with van der Waals surface area (Å²) < 4.78 is 5.04. The molecular formula is C13H11NO2. The van der Waals surface area contributed by atoms with Crippen LogP contribution in [0.25, 0.3) is 17.4 Å². The molecule has 16 heavy (non-hydrogen) atoms. The first-order valence-corrected chi connectivity index (χ1v) is 5.01. The quantitative estimate of drug-likeness (QED) is 0.733. The summed E-state index contributed by atoms with van der Waals surface area (Å²) in [5.74, 6) is 0.753. The number of hydrogen-bond donors (Lipinski definition) is 0. The summed E-state index contributed by atoms with van der Waals surface area (Å²) in [5, 5.41) is 3.65. The lowest BCUT2D eigenvalue weighted by Gasteiger charge is -1.96. The van der Waals surface area contributed by atoms with Gasteiger partial charge >= 0.3 is 0 Å². The first kappa shape index (κ1) is 10.4. The monoisotopic (exact) mass is 213 g/mol. The van der Waals surface area contributed by atoms with Crippen LogP contribution in [0.1, 0.15) is 12.0 Å². The highest BCUT2D eigenvalue weighted by Gasteiger charge is 1.99. The molecule has 3 nitrogen and oxygen atoms in total. The lowest BCUT2D eigenvalue weighted by Crippen LogP contribution is -1.76. The minimum absolute atomic E-state index is 0.448. The van der Waals surface area contributed by atoms with E-state index in [-0.39, 0.29) is 0 Å². The zero-order valence-electron chi connectivity index (χ0n) is 8.67. The van der Waals surface area contributed by atoms with E-state index >= 15 is 0 Å². The molecule has 0 unspecified atom stereocenters. The molecule has 0 amide bonds. The zero-order valence-corrected chi connectivity index (χ0v) is 8.67. The van der Waals surface area contributed by atoms with Gasteiger partial charge in [-0.2, -0.15) is 0 Å². The lowest BCUT2D eigenvalue weighted by molar-refractivity contribution is -0.107. The molecule has 0 fully saturated rings. The van der Waals surface area contributed by atoms with Gasteiger partial charge in [-0.3, -0.25) is 0 Å². The molecule has 2 rings (SSSR count). The second-order valence-corrected chi connectivity index (χ2v) is 3.30. The summed E-state index contributed by atoms with van der Waals surface area (Å²) >= 11 is 0. The van der Waals surface area contributed by atoms with E-state index in [1.165, 1.54) is 0 Å². The largest absolute Gasteiger partial charge is 0.356 e. The third kappa shape index (κ3) is 2.45. The molecule has 0 N–H and O–H groups in total. The summed E-state index contributed by atoms with van der Waals surface area (Å²) in [6, 6.07) is 9.68. The van der Waals surface area contributed by atoms with Gasteiger partial charge in [-0.05, 0) is 5.56 Å². The Morgan fingerprint density at radius 1 is 1.19 bits per heavy atom. The van der Waals surface area contributed by atoms with Crippen molar-refractivity contribution in [2.45, 2.75) is 6.42 Å². The van der Waals surface area contributed by atoms with E-state index in [0.29, 0.717) is 6.42 Å². The molecule has 0 aliphatic carbocycles. The van der Waals surface area contributed by atoms with Gasteiger partial charge < -0.3 is 9.32 Å². The molecule has 0 radical (unpaired) electrons. The predicted octanol–water partition coefficient (Wildman–Crippen LogP) is 2.94. The van der Waals surface area contributed by atoms with Crippen LogP contribution in [0.2, 0.25) is 0 Å². The van der Waals surface area contributed by atoms with Crippen molar-refractivity contribution in [1.82, 2.24) is 5.16 Å². The molecule has 0 bridgehead atoms. The standard InChI is InChI=1S/C13H11NO2/c15-10-2-1-3-11-4-6-12(7-5-11)13-8-9-14-16-13/h1,3-10H,2H2. The van der Waals surface area contributed by atoms with Crippen molar-refractivity contribution >= 4 is 12.4 Å². The molecule has 3 heteroatoms. The van der Waals surface area contributed by atoms with Crippen LogP contribution in [-0.4, -0.2) is 11.4 Å². The van der Waals surface area contributed by atoms with Gasteiger partial charge in [0.25, 0.3) is 0 Å². The van der Waals surface area contributed by atoms with E-state index in [9.17, 15) is 4.79 Å². The molecule has 1 heterocycles. The first-order chi connectivity index (χ1) is 7.90. The van der Waals surface area contributed by atoms with Crippen LogP contribution in [0.15, 0.2) is 47.1 Å². The Morgan fingerprint density at radius 3 is 2.62 bits per heavy atom. The van der Waals surface area contributed by atoms with Gasteiger partial charge in [0.15, 0.2) is 5.76 Å². The van der Waals surface area contributed by atoms with E-state index < -0.39 is 0 Å². The van der Waals surface area contributed by atoms with E-state index in [4.69, 9.17) is 4.52 Å². The van der Waals surface area contributed by atoms with Gasteiger partial charge in [0, 0.05) is 18.1 Å². The average Bonchev–Trinajstić information content (AvgIpc) is 2.84. The summed E-state index contributed by atoms with van der Waals surface area (Å²) in [4.78, 5) is 10.1. The Morgan fingerprint density at radius 2 is 2.00 bits per heavy atom. The Balaban J connectivity index is 2.13. The maximum Gasteiger partial charge on any atom is 0.166 e. The Labute approximate surface area is 93.4 Å². The van der Waals surface area contributed by atoms with Gasteiger partial charge in [-0.25, -0.2) is 0 Å². The lowest BCUT2D eigenvalue weighted by atomic mass is 10.1. The van der Waals surface area contributed by atoms with E-state index in [0.717, 1.165) is 23.2 Å². The van der Waals surface area contributed by atoms with Crippen molar-refractivity contribution < 1.29 is 9.32 Å². The molecule has 1 aromatic heterocycles. The third-order valence-electron chi connectivity index (χ3n) is 2.18. The molecule has 0 saturated carbocycles. The van der Waals surface area contributed by atoms with Gasteiger partial charge in [0.1, 0.15) is 6.29 Å². The molecule has 80 valence electrons. The Bertz CT molecular complexity index is 469. The van der Waals surface area contributed by atoms with Crippen molar-refractivity contribution in [2.75, 3.05) is 0 Å². The Hall–Kier alpha value is -2.16. The average molecular weight is 213 g/mol. The van der Waals surface area contributed by atoms with Crippen LogP contribution in [-0.2, 0) is 4.79 Å². The topological polar surface area (TPSA) is 43.1 Å². The van der Waals surface area contributed by atoms with E-state index in [1.807, 2.05) is 42.5 Å². The molecule has 0 aliphatic heterocycles. The maximum atomic E-state index is 10.1. The van der Waals surface area contributed by atoms with E-state index in [2.05, 4.69) is 5.16 Å². The van der Waals surface area contributed by atoms with Crippen molar-refractivity contribution in [1.29, 1.82) is 0 Å². The number of hydrogen-bond acceptors (Lipinski definition) is 3. The fourth-order valence-electron chi connectivity index (χ4n) is 1.38. The van der Waals surface area contributed by atoms with Crippen LogP contribution >= 0.6 is 0 Å². The minimum Gasteiger partial charge on any atom is -0.356 e. The van der Waals surface area contributed by atoms with Crippen LogP contribution in [0.4, 0.5) is 0 Å². The van der Waals surface area contributed by atoms with Crippen molar-refractivity contribution in [2.24, 2.45) is 0 Å². The highest BCUT2D eigenvalue weighted by atomic mass is 16.5. The third-order valence-corrected chi connectivity index (χ3v) is 2.18. The van der Waals surface area contributed by atoms with Crippen LogP contribution in [0.3, 0.4) is 0 Å². The van der Waals surface area contributed by atoms with Crippen LogP contribution < -0.4 is 0 Å². The van der Waals surface area contributed by atoms with Gasteiger partial charge in [-0.15, -0.1) is 0 Å². The fraction of sp³-hybridized carbons (Fsp3) is 0.0769. The molecule has 0 atom stereocenters. The van der Waals surface area contributed by atoms with Crippen LogP contribution in [0.5, 0.6) is 0 Å². The molecule has 0 aliphatic rings. The highest BCUT2D eigenvalue weighted by molar-refractivity contribution is 5.62. The molecule has 0 saturated heterocycles. The summed E-state index contributed by atoms with van der Waals surface area (Å²) in [6.07, 6.45) is 6.69. The van der Waals surface area contributed by atoms with Gasteiger partial charge in [0.05, 0.1) is 6.20 Å². The fourth-order valence-corrected chi connectivity index (χ4v) is 1.38. The van der Waals surface area contributed by atoms with Crippen molar-refractivity contribution in [3.05, 3.63) is 48.2 Å². The number of allylic oxidation sites excluding steroid dienone is 1.